The summed E-state index contributed by atoms with van der Waals surface area (Å²) < 4.78 is 42.4. The van der Waals surface area contributed by atoms with Crippen LogP contribution in [-0.2, 0) is 0 Å². The highest BCUT2D eigenvalue weighted by Gasteiger charge is 2.55. The molecular weight excluding hydrogens is 375 g/mol. The van der Waals surface area contributed by atoms with Crippen LogP contribution in [0.2, 0.25) is 0 Å². The van der Waals surface area contributed by atoms with E-state index >= 15 is 0 Å². The van der Waals surface area contributed by atoms with Gasteiger partial charge in [0.15, 0.2) is 18.1 Å². The molecule has 1 aromatic carbocycles. The van der Waals surface area contributed by atoms with Crippen molar-refractivity contribution in [2.75, 3.05) is 6.61 Å². The summed E-state index contributed by atoms with van der Waals surface area (Å²) in [7, 11) is 0. The van der Waals surface area contributed by atoms with Crippen LogP contribution in [0.5, 0.6) is 11.5 Å². The van der Waals surface area contributed by atoms with Crippen molar-refractivity contribution in [1.82, 2.24) is 0 Å². The van der Waals surface area contributed by atoms with Crippen LogP contribution in [0.15, 0.2) is 17.3 Å². The number of hydrogen-bond donors (Lipinski definition) is 2. The molecule has 0 aromatic heterocycles. The largest absolute Gasteiger partial charge is 0.504 e. The summed E-state index contributed by atoms with van der Waals surface area (Å²) in [6.07, 6.45) is -1.15. The number of aliphatic hydroxyl groups is 1. The Bertz CT molecular complexity index is 783. The number of halogens is 3. The van der Waals surface area contributed by atoms with E-state index in [0.29, 0.717) is 12.0 Å². The van der Waals surface area contributed by atoms with Gasteiger partial charge < -0.3 is 14.9 Å². The number of nitroso groups, excluding NO2 is 1. The van der Waals surface area contributed by atoms with Gasteiger partial charge >= 0.3 is 6.18 Å². The Morgan fingerprint density at radius 1 is 1.25 bits per heavy atom. The third-order valence-electron chi connectivity index (χ3n) is 7.32. The molecular formula is C20H24F3NO4. The van der Waals surface area contributed by atoms with Gasteiger partial charge in [-0.15, -0.1) is 0 Å². The molecule has 4 rings (SSSR count). The molecule has 1 unspecified atom stereocenters. The molecule has 3 aliphatic rings. The van der Waals surface area contributed by atoms with Gasteiger partial charge in [-0.1, -0.05) is 12.1 Å². The number of alkyl halides is 3. The predicted molar refractivity (Wildman–Crippen MR) is 95.1 cm³/mol. The number of aromatic hydroxyl groups is 1. The number of aliphatic hydroxyl groups excluding tert-OH is 1. The Morgan fingerprint density at radius 2 is 2.00 bits per heavy atom. The van der Waals surface area contributed by atoms with Gasteiger partial charge in [0.05, 0.1) is 6.10 Å². The summed E-state index contributed by atoms with van der Waals surface area (Å²) in [5.74, 6) is -0.198. The standard InChI is InChI=1S/C20H24F3NO4/c1-19-5-4-10-11-8-17(28-9-20(21,22)23)16(25)7-13(11)15(24-27)6-12(10)14(19)2-3-18(19)26/h7-8,10,12,14-15,18,25-26H,2-6,9H2,1H3/t10-,12-,14+,15?,18+,19+/m1/s1. The minimum Gasteiger partial charge on any atom is -0.504 e. The van der Waals surface area contributed by atoms with Gasteiger partial charge in [0, 0.05) is 0 Å². The molecule has 0 aliphatic heterocycles. The van der Waals surface area contributed by atoms with Crippen LogP contribution in [0.25, 0.3) is 0 Å². The number of benzene rings is 1. The smallest absolute Gasteiger partial charge is 0.422 e. The topological polar surface area (TPSA) is 79.1 Å². The van der Waals surface area contributed by atoms with E-state index in [9.17, 15) is 28.3 Å². The lowest BCUT2D eigenvalue weighted by molar-refractivity contribution is -0.153. The van der Waals surface area contributed by atoms with E-state index < -0.39 is 24.6 Å². The second kappa shape index (κ2) is 6.61. The van der Waals surface area contributed by atoms with Crippen molar-refractivity contribution >= 4 is 0 Å². The Balaban J connectivity index is 1.71. The number of fused-ring (bicyclic) bond motifs is 5. The normalized spacial score (nSPS) is 37.0. The third kappa shape index (κ3) is 3.06. The SMILES string of the molecule is C[C@]12CC[C@@H]3c4cc(OCC(F)(F)F)c(O)cc4C(N=O)C[C@H]3[C@@H]1CC[C@@H]2O. The fraction of sp³-hybridized carbons (Fsp3) is 0.700. The summed E-state index contributed by atoms with van der Waals surface area (Å²) in [6.45, 7) is 0.606. The van der Waals surface area contributed by atoms with Crippen LogP contribution in [-0.4, -0.2) is 29.1 Å². The van der Waals surface area contributed by atoms with E-state index in [-0.39, 0.29) is 35.0 Å². The monoisotopic (exact) mass is 399 g/mol. The highest BCUT2D eigenvalue weighted by Crippen LogP contribution is 2.63. The van der Waals surface area contributed by atoms with Crippen molar-refractivity contribution in [3.05, 3.63) is 28.2 Å². The van der Waals surface area contributed by atoms with E-state index in [1.54, 1.807) is 0 Å². The molecule has 6 atom stereocenters. The summed E-state index contributed by atoms with van der Waals surface area (Å²) >= 11 is 0. The van der Waals surface area contributed by atoms with Gasteiger partial charge in [0.25, 0.3) is 0 Å². The van der Waals surface area contributed by atoms with Crippen LogP contribution in [0.1, 0.15) is 62.1 Å². The zero-order valence-corrected chi connectivity index (χ0v) is 15.6. The molecule has 2 fully saturated rings. The van der Waals surface area contributed by atoms with Crippen LogP contribution < -0.4 is 4.74 Å². The van der Waals surface area contributed by atoms with Crippen molar-refractivity contribution in [1.29, 1.82) is 0 Å². The maximum Gasteiger partial charge on any atom is 0.422 e. The predicted octanol–water partition coefficient (Wildman–Crippen LogP) is 4.82. The zero-order valence-electron chi connectivity index (χ0n) is 15.6. The highest BCUT2D eigenvalue weighted by atomic mass is 19.4. The lowest BCUT2D eigenvalue weighted by Crippen LogP contribution is -2.44. The minimum atomic E-state index is -4.51. The fourth-order valence-corrected chi connectivity index (χ4v) is 5.94. The first kappa shape index (κ1) is 19.5. The van der Waals surface area contributed by atoms with Crippen molar-refractivity contribution in [3.8, 4) is 11.5 Å². The van der Waals surface area contributed by atoms with Crippen molar-refractivity contribution in [2.24, 2.45) is 22.4 Å². The highest BCUT2D eigenvalue weighted by molar-refractivity contribution is 5.50. The lowest BCUT2D eigenvalue weighted by Gasteiger charge is -2.50. The van der Waals surface area contributed by atoms with E-state index in [0.717, 1.165) is 31.2 Å². The van der Waals surface area contributed by atoms with E-state index in [4.69, 9.17) is 4.74 Å². The third-order valence-corrected chi connectivity index (χ3v) is 7.32. The molecule has 28 heavy (non-hydrogen) atoms. The molecule has 2 N–H and O–H groups in total. The summed E-state index contributed by atoms with van der Waals surface area (Å²) in [5.41, 5.74) is 1.13. The summed E-state index contributed by atoms with van der Waals surface area (Å²) in [6, 6.07) is 2.14. The van der Waals surface area contributed by atoms with Gasteiger partial charge in [0.1, 0.15) is 6.04 Å². The molecule has 0 amide bonds. The number of ether oxygens (including phenoxy) is 1. The zero-order chi connectivity index (χ0) is 20.3. The van der Waals surface area contributed by atoms with Crippen LogP contribution >= 0.6 is 0 Å². The molecule has 5 nitrogen and oxygen atoms in total. The Labute approximate surface area is 160 Å². The maximum atomic E-state index is 12.5. The quantitative estimate of drug-likeness (QED) is 0.715. The summed E-state index contributed by atoms with van der Waals surface area (Å²) in [4.78, 5) is 11.5. The van der Waals surface area contributed by atoms with E-state index in [2.05, 4.69) is 12.1 Å². The van der Waals surface area contributed by atoms with Crippen LogP contribution in [0.3, 0.4) is 0 Å². The first-order chi connectivity index (χ1) is 13.1. The van der Waals surface area contributed by atoms with Gasteiger partial charge in [-0.2, -0.15) is 18.1 Å². The molecule has 3 aliphatic carbocycles. The number of hydrogen-bond acceptors (Lipinski definition) is 5. The maximum absolute atomic E-state index is 12.5. The van der Waals surface area contributed by atoms with Gasteiger partial charge in [-0.3, -0.25) is 0 Å². The van der Waals surface area contributed by atoms with Crippen molar-refractivity contribution in [2.45, 2.75) is 63.3 Å². The molecule has 2 saturated carbocycles. The van der Waals surface area contributed by atoms with E-state index in [1.165, 1.54) is 12.1 Å². The second-order valence-electron chi connectivity index (χ2n) is 8.72. The summed E-state index contributed by atoms with van der Waals surface area (Å²) in [5, 5.41) is 23.9. The first-order valence-electron chi connectivity index (χ1n) is 9.71. The van der Waals surface area contributed by atoms with Gasteiger partial charge in [-0.25, -0.2) is 0 Å². The molecule has 8 heteroatoms. The number of phenols is 1. The molecule has 154 valence electrons. The van der Waals surface area contributed by atoms with Crippen molar-refractivity contribution in [3.63, 3.8) is 0 Å². The Hall–Kier alpha value is -1.83. The molecule has 0 bridgehead atoms. The second-order valence-corrected chi connectivity index (χ2v) is 8.72. The van der Waals surface area contributed by atoms with Crippen LogP contribution in [0, 0.1) is 22.2 Å². The number of rotatable bonds is 3. The molecule has 0 saturated heterocycles. The molecule has 0 radical (unpaired) electrons. The lowest BCUT2D eigenvalue weighted by atomic mass is 9.55. The molecule has 0 spiro atoms. The van der Waals surface area contributed by atoms with Gasteiger partial charge in [-0.05, 0) is 78.5 Å². The fourth-order valence-electron chi connectivity index (χ4n) is 5.94. The van der Waals surface area contributed by atoms with E-state index in [1.807, 2.05) is 0 Å². The van der Waals surface area contributed by atoms with Gasteiger partial charge in [0.2, 0.25) is 0 Å². The molecule has 0 heterocycles. The van der Waals surface area contributed by atoms with Crippen LogP contribution in [0.4, 0.5) is 13.2 Å². The number of phenolic OH excluding ortho intramolecular Hbond substituents is 1. The Kier molecular flexibility index (Phi) is 4.60. The Morgan fingerprint density at radius 3 is 2.68 bits per heavy atom. The first-order valence-corrected chi connectivity index (χ1v) is 9.71. The molecule has 1 aromatic rings. The minimum absolute atomic E-state index is 0.0604. The average molecular weight is 399 g/mol. The average Bonchev–Trinajstić information content (AvgIpc) is 2.93. The van der Waals surface area contributed by atoms with Crippen molar-refractivity contribution < 1.29 is 28.1 Å². The number of nitrogens with zero attached hydrogens (tertiary/aromatic N) is 1.